The number of hydrogen-bond donors (Lipinski definition) is 0. The molecule has 1 saturated heterocycles. The molecule has 2 rings (SSSR count). The van der Waals surface area contributed by atoms with E-state index in [4.69, 9.17) is 4.74 Å². The zero-order chi connectivity index (χ0) is 14.6. The molecule has 1 aliphatic rings. The Labute approximate surface area is 119 Å². The summed E-state index contributed by atoms with van der Waals surface area (Å²) in [6.07, 6.45) is 0.796. The fourth-order valence-electron chi connectivity index (χ4n) is 2.36. The number of rotatable bonds is 5. The second kappa shape index (κ2) is 6.37. The number of ether oxygens (including phenoxy) is 1. The van der Waals surface area contributed by atoms with Crippen LogP contribution in [-0.4, -0.2) is 51.3 Å². The Kier molecular flexibility index (Phi) is 4.77. The van der Waals surface area contributed by atoms with Crippen LogP contribution in [0.4, 0.5) is 0 Å². The smallest absolute Gasteiger partial charge is 0.224 e. The molecular formula is C14H19NO4S. The van der Waals surface area contributed by atoms with Crippen molar-refractivity contribution in [3.63, 3.8) is 0 Å². The summed E-state index contributed by atoms with van der Waals surface area (Å²) in [5, 5.41) is -0.503. The van der Waals surface area contributed by atoms with E-state index in [2.05, 4.69) is 0 Å². The van der Waals surface area contributed by atoms with Crippen molar-refractivity contribution >= 4 is 15.7 Å². The van der Waals surface area contributed by atoms with Crippen LogP contribution >= 0.6 is 0 Å². The lowest BCUT2D eigenvalue weighted by Crippen LogP contribution is -2.32. The van der Waals surface area contributed by atoms with E-state index in [1.165, 1.54) is 0 Å². The van der Waals surface area contributed by atoms with E-state index in [9.17, 15) is 13.2 Å². The van der Waals surface area contributed by atoms with Crippen molar-refractivity contribution in [3.05, 3.63) is 30.3 Å². The van der Waals surface area contributed by atoms with Crippen LogP contribution < -0.4 is 0 Å². The normalized spacial score (nSPS) is 19.2. The highest BCUT2D eigenvalue weighted by molar-refractivity contribution is 7.92. The predicted octanol–water partition coefficient (Wildman–Crippen LogP) is 1.10. The van der Waals surface area contributed by atoms with Gasteiger partial charge in [-0.3, -0.25) is 4.79 Å². The molecule has 110 valence electrons. The highest BCUT2D eigenvalue weighted by Gasteiger charge is 2.35. The van der Waals surface area contributed by atoms with E-state index in [-0.39, 0.29) is 12.5 Å². The third-order valence-electron chi connectivity index (χ3n) is 3.53. The summed E-state index contributed by atoms with van der Waals surface area (Å²) in [5.41, 5.74) is 0. The predicted molar refractivity (Wildman–Crippen MR) is 75.1 cm³/mol. The summed E-state index contributed by atoms with van der Waals surface area (Å²) in [7, 11) is -1.81. The number of benzene rings is 1. The maximum atomic E-state index is 12.5. The molecule has 5 nitrogen and oxygen atoms in total. The SMILES string of the molecule is COCCC(=O)N1CCC(S(=O)(=O)c2ccccc2)C1. The first-order chi connectivity index (χ1) is 9.55. The summed E-state index contributed by atoms with van der Waals surface area (Å²) >= 11 is 0. The Balaban J connectivity index is 2.04. The highest BCUT2D eigenvalue weighted by atomic mass is 32.2. The molecule has 1 heterocycles. The van der Waals surface area contributed by atoms with Crippen LogP contribution in [-0.2, 0) is 19.4 Å². The van der Waals surface area contributed by atoms with Crippen molar-refractivity contribution in [2.45, 2.75) is 23.0 Å². The summed E-state index contributed by atoms with van der Waals surface area (Å²) in [4.78, 5) is 13.8. The van der Waals surface area contributed by atoms with Crippen LogP contribution in [0, 0.1) is 0 Å². The average Bonchev–Trinajstić information content (AvgIpc) is 2.96. The van der Waals surface area contributed by atoms with Crippen molar-refractivity contribution in [2.24, 2.45) is 0 Å². The lowest BCUT2D eigenvalue weighted by Gasteiger charge is -2.16. The molecule has 0 aromatic heterocycles. The molecule has 1 unspecified atom stereocenters. The van der Waals surface area contributed by atoms with Gasteiger partial charge >= 0.3 is 0 Å². The van der Waals surface area contributed by atoms with E-state index in [1.807, 2.05) is 0 Å². The molecule has 6 heteroatoms. The van der Waals surface area contributed by atoms with Gasteiger partial charge in [0.05, 0.1) is 23.2 Å². The van der Waals surface area contributed by atoms with Crippen LogP contribution in [0.25, 0.3) is 0 Å². The third-order valence-corrected chi connectivity index (χ3v) is 5.72. The first-order valence-electron chi connectivity index (χ1n) is 6.61. The molecule has 0 radical (unpaired) electrons. The molecule has 0 bridgehead atoms. The van der Waals surface area contributed by atoms with Crippen LogP contribution in [0.2, 0.25) is 0 Å². The number of likely N-dealkylation sites (tertiary alicyclic amines) is 1. The molecule has 1 aliphatic heterocycles. The maximum absolute atomic E-state index is 12.5. The summed E-state index contributed by atoms with van der Waals surface area (Å²) in [6, 6.07) is 8.41. The Hall–Kier alpha value is -1.40. The zero-order valence-electron chi connectivity index (χ0n) is 11.5. The van der Waals surface area contributed by atoms with Gasteiger partial charge < -0.3 is 9.64 Å². The first-order valence-corrected chi connectivity index (χ1v) is 8.16. The number of hydrogen-bond acceptors (Lipinski definition) is 4. The van der Waals surface area contributed by atoms with Crippen LogP contribution in [0.15, 0.2) is 35.2 Å². The molecule has 0 spiro atoms. The van der Waals surface area contributed by atoms with Crippen molar-refractivity contribution in [1.29, 1.82) is 0 Å². The van der Waals surface area contributed by atoms with E-state index in [1.54, 1.807) is 42.3 Å². The first kappa shape index (κ1) is 15.0. The van der Waals surface area contributed by atoms with Gasteiger partial charge in [0.2, 0.25) is 5.91 Å². The number of methoxy groups -OCH3 is 1. The third kappa shape index (κ3) is 3.19. The number of nitrogens with zero attached hydrogens (tertiary/aromatic N) is 1. The minimum atomic E-state index is -3.35. The largest absolute Gasteiger partial charge is 0.384 e. The van der Waals surface area contributed by atoms with E-state index < -0.39 is 15.1 Å². The fourth-order valence-corrected chi connectivity index (χ4v) is 4.07. The van der Waals surface area contributed by atoms with E-state index >= 15 is 0 Å². The Morgan fingerprint density at radius 1 is 1.35 bits per heavy atom. The van der Waals surface area contributed by atoms with Gasteiger partial charge in [-0.1, -0.05) is 18.2 Å². The summed E-state index contributed by atoms with van der Waals surface area (Å²) < 4.78 is 29.8. The number of sulfone groups is 1. The van der Waals surface area contributed by atoms with Gasteiger partial charge in [0.15, 0.2) is 9.84 Å². The standard InChI is InChI=1S/C14H19NO4S/c1-19-10-8-14(16)15-9-7-13(11-15)20(17,18)12-5-3-2-4-6-12/h2-6,13H,7-11H2,1H3. The van der Waals surface area contributed by atoms with Gasteiger partial charge in [0.25, 0.3) is 0 Å². The summed E-state index contributed by atoms with van der Waals surface area (Å²) in [5.74, 6) is -0.0439. The molecular weight excluding hydrogens is 278 g/mol. The fraction of sp³-hybridized carbons (Fsp3) is 0.500. The van der Waals surface area contributed by atoms with Gasteiger partial charge in [-0.2, -0.15) is 0 Å². The van der Waals surface area contributed by atoms with Gasteiger partial charge in [0, 0.05) is 20.2 Å². The van der Waals surface area contributed by atoms with E-state index in [0.29, 0.717) is 30.9 Å². The Morgan fingerprint density at radius 3 is 2.70 bits per heavy atom. The average molecular weight is 297 g/mol. The second-order valence-corrected chi connectivity index (χ2v) is 7.08. The van der Waals surface area contributed by atoms with Gasteiger partial charge in [0.1, 0.15) is 0 Å². The minimum absolute atomic E-state index is 0.0439. The Bertz CT molecular complexity index is 556. The number of carbonyl (C=O) groups is 1. The molecule has 1 atom stereocenters. The molecule has 1 fully saturated rings. The highest BCUT2D eigenvalue weighted by Crippen LogP contribution is 2.24. The molecule has 20 heavy (non-hydrogen) atoms. The molecule has 1 amide bonds. The van der Waals surface area contributed by atoms with Gasteiger partial charge in [-0.05, 0) is 18.6 Å². The minimum Gasteiger partial charge on any atom is -0.384 e. The monoisotopic (exact) mass is 297 g/mol. The zero-order valence-corrected chi connectivity index (χ0v) is 12.3. The lowest BCUT2D eigenvalue weighted by molar-refractivity contribution is -0.131. The molecule has 0 aliphatic carbocycles. The molecule has 1 aromatic rings. The topological polar surface area (TPSA) is 63.7 Å². The van der Waals surface area contributed by atoms with Crippen LogP contribution in [0.5, 0.6) is 0 Å². The van der Waals surface area contributed by atoms with E-state index in [0.717, 1.165) is 0 Å². The van der Waals surface area contributed by atoms with Crippen molar-refractivity contribution < 1.29 is 17.9 Å². The Morgan fingerprint density at radius 2 is 2.05 bits per heavy atom. The van der Waals surface area contributed by atoms with Gasteiger partial charge in [-0.25, -0.2) is 8.42 Å². The van der Waals surface area contributed by atoms with Gasteiger partial charge in [-0.15, -0.1) is 0 Å². The lowest BCUT2D eigenvalue weighted by atomic mass is 10.4. The maximum Gasteiger partial charge on any atom is 0.224 e. The molecule has 1 aromatic carbocycles. The van der Waals surface area contributed by atoms with Crippen molar-refractivity contribution in [1.82, 2.24) is 4.90 Å². The van der Waals surface area contributed by atoms with Crippen molar-refractivity contribution in [2.75, 3.05) is 26.8 Å². The van der Waals surface area contributed by atoms with Crippen LogP contribution in [0.1, 0.15) is 12.8 Å². The molecule has 0 N–H and O–H groups in total. The second-order valence-electron chi connectivity index (χ2n) is 4.85. The van der Waals surface area contributed by atoms with Crippen molar-refractivity contribution in [3.8, 4) is 0 Å². The quantitative estimate of drug-likeness (QED) is 0.816. The van der Waals surface area contributed by atoms with Crippen LogP contribution in [0.3, 0.4) is 0 Å². The molecule has 0 saturated carbocycles. The number of carbonyl (C=O) groups excluding carboxylic acids is 1. The summed E-state index contributed by atoms with van der Waals surface area (Å²) in [6.45, 7) is 1.14. The number of amides is 1.